The number of benzene rings is 2. The molecule has 4 heterocycles. The summed E-state index contributed by atoms with van der Waals surface area (Å²) in [5.41, 5.74) is -1.94. The van der Waals surface area contributed by atoms with Crippen LogP contribution in [0.25, 0.3) is 0 Å². The van der Waals surface area contributed by atoms with Crippen molar-refractivity contribution in [1.82, 2.24) is 14.6 Å². The first-order valence-corrected chi connectivity index (χ1v) is 17.1. The molecule has 3 fully saturated rings. The zero-order chi connectivity index (χ0) is 32.1. The lowest BCUT2D eigenvalue weighted by molar-refractivity contribution is -0.296. The fourth-order valence-electron chi connectivity index (χ4n) is 6.83. The van der Waals surface area contributed by atoms with Gasteiger partial charge < -0.3 is 23.7 Å². The van der Waals surface area contributed by atoms with Crippen molar-refractivity contribution in [2.24, 2.45) is 0 Å². The highest BCUT2D eigenvalue weighted by Gasteiger charge is 2.60. The molecular formula is C32H40FN3O8Si. The first kappa shape index (κ1) is 31.9. The third kappa shape index (κ3) is 5.76. The molecule has 6 rings (SSSR count). The Hall–Kier alpha value is -3.01. The van der Waals surface area contributed by atoms with E-state index in [0.29, 0.717) is 0 Å². The molecule has 0 unspecified atom stereocenters. The van der Waals surface area contributed by atoms with Gasteiger partial charge >= 0.3 is 5.69 Å². The number of aliphatic hydroxyl groups is 1. The van der Waals surface area contributed by atoms with Gasteiger partial charge in [-0.1, -0.05) is 81.4 Å². The van der Waals surface area contributed by atoms with E-state index in [9.17, 15) is 19.1 Å². The summed E-state index contributed by atoms with van der Waals surface area (Å²) in [5.74, 6) is -2.05. The molecule has 0 saturated carbocycles. The van der Waals surface area contributed by atoms with Gasteiger partial charge in [0.15, 0.2) is 18.2 Å². The lowest BCUT2D eigenvalue weighted by Crippen LogP contribution is -2.67. The van der Waals surface area contributed by atoms with Crippen LogP contribution in [0.3, 0.4) is 0 Å². The minimum atomic E-state index is -2.91. The number of aromatic nitrogens is 2. The summed E-state index contributed by atoms with van der Waals surface area (Å²) in [6.07, 6.45) is -2.62. The summed E-state index contributed by atoms with van der Waals surface area (Å²) in [6.45, 7) is 10.1. The molecule has 242 valence electrons. The van der Waals surface area contributed by atoms with Crippen molar-refractivity contribution in [3.63, 3.8) is 0 Å². The Morgan fingerprint density at radius 2 is 1.62 bits per heavy atom. The van der Waals surface area contributed by atoms with Crippen molar-refractivity contribution >= 4 is 18.7 Å². The zero-order valence-corrected chi connectivity index (χ0v) is 27.0. The number of aromatic amines is 1. The summed E-state index contributed by atoms with van der Waals surface area (Å²) >= 11 is 0. The Morgan fingerprint density at radius 3 is 2.20 bits per heavy atom. The number of hydrogen-bond acceptors (Lipinski definition) is 9. The average molecular weight is 642 g/mol. The minimum Gasteiger partial charge on any atom is -0.405 e. The van der Waals surface area contributed by atoms with Crippen LogP contribution in [0.4, 0.5) is 4.39 Å². The molecule has 0 radical (unpaired) electrons. The first-order valence-electron chi connectivity index (χ1n) is 15.2. The van der Waals surface area contributed by atoms with Crippen LogP contribution in [0, 0.1) is 5.82 Å². The van der Waals surface area contributed by atoms with Crippen molar-refractivity contribution < 1.29 is 33.0 Å². The Balaban J connectivity index is 1.31. The SMILES string of the molecule is CC1(C)O[C@@H]2[C@H](O1)[C@@H](CO[Si](c1ccccc1)(c1ccccc1)C(C)(C)C)O[C@H]2N1O[C@@H](n2cc(F)c(=O)[nH]c2=O)C[C@@H]1CO. The largest absolute Gasteiger partial charge is 0.405 e. The minimum absolute atomic E-state index is 0.132. The van der Waals surface area contributed by atoms with Crippen molar-refractivity contribution in [2.75, 3.05) is 13.2 Å². The molecule has 45 heavy (non-hydrogen) atoms. The van der Waals surface area contributed by atoms with Crippen LogP contribution in [0.5, 0.6) is 0 Å². The quantitative estimate of drug-likeness (QED) is 0.356. The lowest BCUT2D eigenvalue weighted by atomic mass is 10.1. The second kappa shape index (κ2) is 12.0. The van der Waals surface area contributed by atoms with E-state index >= 15 is 0 Å². The number of hydroxylamine groups is 2. The first-order chi connectivity index (χ1) is 21.3. The summed E-state index contributed by atoms with van der Waals surface area (Å²) < 4.78 is 41.5. The summed E-state index contributed by atoms with van der Waals surface area (Å²) in [4.78, 5) is 32.2. The molecule has 6 atom stereocenters. The van der Waals surface area contributed by atoms with Gasteiger partial charge in [-0.15, -0.1) is 5.06 Å². The highest BCUT2D eigenvalue weighted by atomic mass is 28.4. The molecule has 0 bridgehead atoms. The molecule has 2 N–H and O–H groups in total. The molecule has 0 aliphatic carbocycles. The van der Waals surface area contributed by atoms with Gasteiger partial charge in [0.2, 0.25) is 5.82 Å². The van der Waals surface area contributed by atoms with E-state index in [1.54, 1.807) is 0 Å². The topological polar surface area (TPSA) is 124 Å². The number of hydrogen-bond donors (Lipinski definition) is 2. The van der Waals surface area contributed by atoms with Crippen LogP contribution in [0.1, 0.15) is 47.3 Å². The van der Waals surface area contributed by atoms with E-state index < -0.39 is 68.0 Å². The van der Waals surface area contributed by atoms with Crippen molar-refractivity contribution in [3.05, 3.63) is 93.5 Å². The summed E-state index contributed by atoms with van der Waals surface area (Å²) in [6, 6.07) is 20.0. The fourth-order valence-corrected chi connectivity index (χ4v) is 11.4. The van der Waals surface area contributed by atoms with E-state index in [4.69, 9.17) is 23.5 Å². The molecule has 11 nitrogen and oxygen atoms in total. The zero-order valence-electron chi connectivity index (χ0n) is 26.0. The maximum Gasteiger partial charge on any atom is 0.330 e. The molecule has 3 aromatic rings. The molecule has 3 saturated heterocycles. The van der Waals surface area contributed by atoms with Gasteiger partial charge in [0.05, 0.1) is 25.5 Å². The predicted octanol–water partition coefficient (Wildman–Crippen LogP) is 1.99. The van der Waals surface area contributed by atoms with Crippen molar-refractivity contribution in [2.45, 2.75) is 88.7 Å². The maximum atomic E-state index is 14.1. The lowest BCUT2D eigenvalue weighted by Gasteiger charge is -2.43. The number of fused-ring (bicyclic) bond motifs is 1. The van der Waals surface area contributed by atoms with Crippen LogP contribution in [-0.4, -0.2) is 77.6 Å². The van der Waals surface area contributed by atoms with Gasteiger partial charge in [-0.2, -0.15) is 4.39 Å². The van der Waals surface area contributed by atoms with E-state index in [2.05, 4.69) is 45.0 Å². The normalized spacial score (nSPS) is 28.4. The molecule has 0 spiro atoms. The Kier molecular flexibility index (Phi) is 8.50. The van der Waals surface area contributed by atoms with Crippen molar-refractivity contribution in [1.29, 1.82) is 0 Å². The number of ether oxygens (including phenoxy) is 3. The van der Waals surface area contributed by atoms with Gasteiger partial charge in [-0.3, -0.25) is 19.2 Å². The number of halogens is 1. The number of aliphatic hydroxyl groups excluding tert-OH is 1. The van der Waals surface area contributed by atoms with Crippen LogP contribution >= 0.6 is 0 Å². The molecule has 13 heteroatoms. The van der Waals surface area contributed by atoms with Crippen LogP contribution in [-0.2, 0) is 23.5 Å². The third-order valence-corrected chi connectivity index (χ3v) is 13.8. The third-order valence-electron chi connectivity index (χ3n) is 8.78. The van der Waals surface area contributed by atoms with E-state index in [1.807, 2.05) is 55.2 Å². The molecular weight excluding hydrogens is 601 g/mol. The van der Waals surface area contributed by atoms with E-state index in [0.717, 1.165) is 21.1 Å². The number of H-pyrrole nitrogens is 1. The number of rotatable bonds is 8. The Labute approximate surface area is 261 Å². The second-order valence-corrected chi connectivity index (χ2v) is 17.5. The van der Waals surface area contributed by atoms with Crippen molar-refractivity contribution in [3.8, 4) is 0 Å². The van der Waals surface area contributed by atoms with Gasteiger partial charge in [0, 0.05) is 6.42 Å². The Bertz CT molecular complexity index is 1570. The Morgan fingerprint density at radius 1 is 1.02 bits per heavy atom. The van der Waals surface area contributed by atoms with Crippen LogP contribution in [0.15, 0.2) is 76.4 Å². The van der Waals surface area contributed by atoms with E-state index in [-0.39, 0.29) is 24.7 Å². The maximum absolute atomic E-state index is 14.1. The monoisotopic (exact) mass is 641 g/mol. The summed E-state index contributed by atoms with van der Waals surface area (Å²) in [5, 5.41) is 13.8. The molecule has 0 amide bonds. The predicted molar refractivity (Wildman–Crippen MR) is 165 cm³/mol. The van der Waals surface area contributed by atoms with Gasteiger partial charge in [-0.05, 0) is 29.3 Å². The van der Waals surface area contributed by atoms with Gasteiger partial charge in [0.25, 0.3) is 13.9 Å². The number of nitrogens with zero attached hydrogens (tertiary/aromatic N) is 2. The number of nitrogens with one attached hydrogen (secondary N) is 1. The second-order valence-electron chi connectivity index (χ2n) is 13.2. The summed E-state index contributed by atoms with van der Waals surface area (Å²) in [7, 11) is -2.91. The van der Waals surface area contributed by atoms with Crippen LogP contribution < -0.4 is 21.6 Å². The standard InChI is InChI=1S/C32H40FN3O8Si/c1-31(2,3)45(21-12-8-6-9-13-21,22-14-10-7-11-15-22)40-19-24-26-27(43-32(4,5)42-26)29(41-24)36-20(18-37)16-25(44-36)35-17-23(33)28(38)34-30(35)39/h6-15,17,20,24-27,29,37H,16,18-19H2,1-5H3,(H,34,38,39)/t20-,24-,25-,26-,27-,29-/m1/s1. The molecule has 1 aromatic heterocycles. The highest BCUT2D eigenvalue weighted by Crippen LogP contribution is 2.44. The average Bonchev–Trinajstić information content (AvgIpc) is 3.66. The smallest absolute Gasteiger partial charge is 0.330 e. The van der Waals surface area contributed by atoms with Gasteiger partial charge in [0.1, 0.15) is 18.3 Å². The molecule has 3 aliphatic heterocycles. The van der Waals surface area contributed by atoms with Gasteiger partial charge in [-0.25, -0.2) is 4.79 Å². The highest BCUT2D eigenvalue weighted by molar-refractivity contribution is 6.99. The van der Waals surface area contributed by atoms with Crippen LogP contribution in [0.2, 0.25) is 5.04 Å². The molecule has 2 aromatic carbocycles. The molecule has 3 aliphatic rings. The fraction of sp³-hybridized carbons (Fsp3) is 0.500. The van der Waals surface area contributed by atoms with E-state index in [1.165, 1.54) is 5.06 Å².